The SMILES string of the molecule is COc1ccc(OC)c(C(CN2CCCCC2)N2CCNCC2)c1. The number of ether oxygens (including phenoxy) is 2. The van der Waals surface area contributed by atoms with Gasteiger partial charge in [-0.15, -0.1) is 0 Å². The minimum absolute atomic E-state index is 0.357. The van der Waals surface area contributed by atoms with E-state index in [1.54, 1.807) is 14.2 Å². The third-order valence-electron chi connectivity index (χ3n) is 5.27. The van der Waals surface area contributed by atoms with E-state index in [1.807, 2.05) is 12.1 Å². The van der Waals surface area contributed by atoms with E-state index in [4.69, 9.17) is 9.47 Å². The molecule has 0 radical (unpaired) electrons. The van der Waals surface area contributed by atoms with Gasteiger partial charge in [-0.25, -0.2) is 0 Å². The lowest BCUT2D eigenvalue weighted by atomic mass is 10.0. The molecule has 2 aliphatic rings. The standard InChI is InChI=1S/C19H31N3O2/c1-23-16-6-7-19(24-2)17(14-16)18(22-12-8-20-9-13-22)15-21-10-4-3-5-11-21/h6-7,14,18,20H,3-5,8-13,15H2,1-2H3. The average molecular weight is 333 g/mol. The molecule has 1 aromatic rings. The molecule has 24 heavy (non-hydrogen) atoms. The van der Waals surface area contributed by atoms with Crippen molar-refractivity contribution >= 4 is 0 Å². The Morgan fingerprint density at radius 2 is 1.75 bits per heavy atom. The first-order valence-electron chi connectivity index (χ1n) is 9.21. The van der Waals surface area contributed by atoms with Crippen molar-refractivity contribution in [3.63, 3.8) is 0 Å². The molecule has 0 saturated carbocycles. The zero-order chi connectivity index (χ0) is 16.8. The minimum Gasteiger partial charge on any atom is -0.497 e. The third-order valence-corrected chi connectivity index (χ3v) is 5.27. The molecule has 2 heterocycles. The van der Waals surface area contributed by atoms with Gasteiger partial charge in [0.2, 0.25) is 0 Å². The molecular formula is C19H31N3O2. The Kier molecular flexibility index (Phi) is 6.35. The predicted molar refractivity (Wildman–Crippen MR) is 97.0 cm³/mol. The number of hydrogen-bond acceptors (Lipinski definition) is 5. The first-order valence-corrected chi connectivity index (χ1v) is 9.21. The second-order valence-electron chi connectivity index (χ2n) is 6.77. The van der Waals surface area contributed by atoms with Gasteiger partial charge in [-0.1, -0.05) is 6.42 Å². The molecule has 0 aromatic heterocycles. The highest BCUT2D eigenvalue weighted by atomic mass is 16.5. The number of likely N-dealkylation sites (tertiary alicyclic amines) is 1. The molecule has 2 fully saturated rings. The Morgan fingerprint density at radius 1 is 1.00 bits per heavy atom. The van der Waals surface area contributed by atoms with Crippen LogP contribution in [0.5, 0.6) is 11.5 Å². The fourth-order valence-corrected chi connectivity index (χ4v) is 3.89. The summed E-state index contributed by atoms with van der Waals surface area (Å²) in [6.45, 7) is 7.79. The van der Waals surface area contributed by atoms with Crippen molar-refractivity contribution in [2.24, 2.45) is 0 Å². The van der Waals surface area contributed by atoms with Crippen LogP contribution in [-0.4, -0.2) is 69.8 Å². The fourth-order valence-electron chi connectivity index (χ4n) is 3.89. The van der Waals surface area contributed by atoms with Gasteiger partial charge in [0.15, 0.2) is 0 Å². The number of piperidine rings is 1. The van der Waals surface area contributed by atoms with Gasteiger partial charge in [-0.05, 0) is 44.1 Å². The van der Waals surface area contributed by atoms with Crippen LogP contribution < -0.4 is 14.8 Å². The lowest BCUT2D eigenvalue weighted by Gasteiger charge is -2.39. The molecule has 1 unspecified atom stereocenters. The van der Waals surface area contributed by atoms with E-state index in [1.165, 1.54) is 37.9 Å². The van der Waals surface area contributed by atoms with E-state index in [2.05, 4.69) is 21.2 Å². The summed E-state index contributed by atoms with van der Waals surface area (Å²) in [5.41, 5.74) is 1.25. The summed E-state index contributed by atoms with van der Waals surface area (Å²) < 4.78 is 11.2. The molecule has 5 nitrogen and oxygen atoms in total. The molecule has 2 saturated heterocycles. The van der Waals surface area contributed by atoms with Crippen LogP contribution in [0.3, 0.4) is 0 Å². The molecule has 0 amide bonds. The zero-order valence-corrected chi connectivity index (χ0v) is 15.1. The molecule has 1 aromatic carbocycles. The second-order valence-corrected chi connectivity index (χ2v) is 6.77. The number of benzene rings is 1. The Bertz CT molecular complexity index is 511. The highest BCUT2D eigenvalue weighted by Gasteiger charge is 2.28. The minimum atomic E-state index is 0.357. The van der Waals surface area contributed by atoms with Crippen molar-refractivity contribution in [2.45, 2.75) is 25.3 Å². The normalized spacial score (nSPS) is 21.4. The van der Waals surface area contributed by atoms with E-state index >= 15 is 0 Å². The maximum Gasteiger partial charge on any atom is 0.123 e. The largest absolute Gasteiger partial charge is 0.497 e. The van der Waals surface area contributed by atoms with E-state index in [0.717, 1.165) is 44.2 Å². The van der Waals surface area contributed by atoms with Crippen LogP contribution in [0.2, 0.25) is 0 Å². The van der Waals surface area contributed by atoms with Crippen LogP contribution in [0.4, 0.5) is 0 Å². The molecule has 0 spiro atoms. The van der Waals surface area contributed by atoms with E-state index in [9.17, 15) is 0 Å². The summed E-state index contributed by atoms with van der Waals surface area (Å²) in [4.78, 5) is 5.22. The molecule has 134 valence electrons. The van der Waals surface area contributed by atoms with Crippen LogP contribution in [0, 0.1) is 0 Å². The van der Waals surface area contributed by atoms with E-state index in [0.29, 0.717) is 6.04 Å². The van der Waals surface area contributed by atoms with Crippen molar-refractivity contribution < 1.29 is 9.47 Å². The first kappa shape index (κ1) is 17.5. The predicted octanol–water partition coefficient (Wildman–Crippen LogP) is 2.14. The molecule has 1 atom stereocenters. The van der Waals surface area contributed by atoms with Crippen molar-refractivity contribution in [2.75, 3.05) is 60.0 Å². The van der Waals surface area contributed by atoms with Gasteiger partial charge in [0.25, 0.3) is 0 Å². The molecule has 3 rings (SSSR count). The van der Waals surface area contributed by atoms with Crippen molar-refractivity contribution in [3.8, 4) is 11.5 Å². The van der Waals surface area contributed by atoms with Gasteiger partial charge < -0.3 is 19.7 Å². The third kappa shape index (κ3) is 4.21. The molecule has 2 aliphatic heterocycles. The summed E-state index contributed by atoms with van der Waals surface area (Å²) in [6, 6.07) is 6.54. The van der Waals surface area contributed by atoms with Gasteiger partial charge in [0.1, 0.15) is 11.5 Å². The van der Waals surface area contributed by atoms with Crippen LogP contribution in [0.1, 0.15) is 30.9 Å². The van der Waals surface area contributed by atoms with E-state index in [-0.39, 0.29) is 0 Å². The topological polar surface area (TPSA) is 37.0 Å². The molecule has 0 aliphatic carbocycles. The van der Waals surface area contributed by atoms with Crippen LogP contribution >= 0.6 is 0 Å². The highest BCUT2D eigenvalue weighted by molar-refractivity contribution is 5.42. The highest BCUT2D eigenvalue weighted by Crippen LogP contribution is 2.34. The summed E-state index contributed by atoms with van der Waals surface area (Å²) in [5, 5.41) is 3.46. The van der Waals surface area contributed by atoms with Crippen molar-refractivity contribution in [1.82, 2.24) is 15.1 Å². The summed E-state index contributed by atoms with van der Waals surface area (Å²) >= 11 is 0. The van der Waals surface area contributed by atoms with E-state index < -0.39 is 0 Å². The molecule has 1 N–H and O–H groups in total. The fraction of sp³-hybridized carbons (Fsp3) is 0.684. The van der Waals surface area contributed by atoms with Crippen LogP contribution in [0.25, 0.3) is 0 Å². The number of rotatable bonds is 6. The second kappa shape index (κ2) is 8.70. The Morgan fingerprint density at radius 3 is 2.42 bits per heavy atom. The quantitative estimate of drug-likeness (QED) is 0.863. The number of methoxy groups -OCH3 is 2. The maximum atomic E-state index is 5.69. The summed E-state index contributed by atoms with van der Waals surface area (Å²) in [5.74, 6) is 1.88. The van der Waals surface area contributed by atoms with Crippen molar-refractivity contribution in [1.29, 1.82) is 0 Å². The number of hydrogen-bond donors (Lipinski definition) is 1. The van der Waals surface area contributed by atoms with Gasteiger partial charge >= 0.3 is 0 Å². The number of piperazine rings is 1. The molecule has 0 bridgehead atoms. The summed E-state index contributed by atoms with van der Waals surface area (Å²) in [7, 11) is 3.50. The van der Waals surface area contributed by atoms with Crippen molar-refractivity contribution in [3.05, 3.63) is 23.8 Å². The van der Waals surface area contributed by atoms with Gasteiger partial charge in [-0.2, -0.15) is 0 Å². The Balaban J connectivity index is 1.87. The van der Waals surface area contributed by atoms with Crippen LogP contribution in [0.15, 0.2) is 18.2 Å². The van der Waals surface area contributed by atoms with Gasteiger partial charge in [0.05, 0.1) is 20.3 Å². The monoisotopic (exact) mass is 333 g/mol. The molecular weight excluding hydrogens is 302 g/mol. The average Bonchev–Trinajstić information content (AvgIpc) is 2.67. The van der Waals surface area contributed by atoms with Crippen LogP contribution in [-0.2, 0) is 0 Å². The summed E-state index contributed by atoms with van der Waals surface area (Å²) in [6.07, 6.45) is 4.02. The van der Waals surface area contributed by atoms with Gasteiger partial charge in [-0.3, -0.25) is 4.90 Å². The Labute approximate surface area is 145 Å². The lowest BCUT2D eigenvalue weighted by Crippen LogP contribution is -2.48. The zero-order valence-electron chi connectivity index (χ0n) is 15.1. The lowest BCUT2D eigenvalue weighted by molar-refractivity contribution is 0.112. The first-order chi connectivity index (χ1) is 11.8. The Hall–Kier alpha value is -1.30. The van der Waals surface area contributed by atoms with Gasteiger partial charge in [0, 0.05) is 38.3 Å². The maximum absolute atomic E-state index is 5.69. The number of nitrogens with one attached hydrogen (secondary N) is 1. The molecule has 5 heteroatoms. The number of nitrogens with zero attached hydrogens (tertiary/aromatic N) is 2. The smallest absolute Gasteiger partial charge is 0.123 e.